The van der Waals surface area contributed by atoms with E-state index in [1.54, 1.807) is 0 Å². The van der Waals surface area contributed by atoms with E-state index in [1.165, 1.54) is 42.8 Å². The van der Waals surface area contributed by atoms with Crippen molar-refractivity contribution in [1.29, 1.82) is 0 Å². The summed E-state index contributed by atoms with van der Waals surface area (Å²) in [5.41, 5.74) is 1.54. The maximum atomic E-state index is 2.25. The topological polar surface area (TPSA) is 0 Å². The van der Waals surface area contributed by atoms with Gasteiger partial charge in [0, 0.05) is 0 Å². The number of hydrogen-bond donors (Lipinski definition) is 0. The first-order chi connectivity index (χ1) is 5.81. The standard InChI is InChI=1S/C11H22S/c1-4-9-12-10-7-6-8-11(3)5-2/h5H,4,6-10H2,1-3H3. The lowest BCUT2D eigenvalue weighted by molar-refractivity contribution is 0.793. The summed E-state index contributed by atoms with van der Waals surface area (Å²) in [6.45, 7) is 6.59. The summed E-state index contributed by atoms with van der Waals surface area (Å²) in [6.07, 6.45) is 7.59. The molecule has 0 saturated heterocycles. The van der Waals surface area contributed by atoms with Gasteiger partial charge in [-0.25, -0.2) is 0 Å². The van der Waals surface area contributed by atoms with Gasteiger partial charge in [0.15, 0.2) is 0 Å². The lowest BCUT2D eigenvalue weighted by atomic mass is 10.1. The van der Waals surface area contributed by atoms with Crippen LogP contribution in [0.15, 0.2) is 11.6 Å². The summed E-state index contributed by atoms with van der Waals surface area (Å²) in [6, 6.07) is 0. The quantitative estimate of drug-likeness (QED) is 0.423. The van der Waals surface area contributed by atoms with Gasteiger partial charge in [-0.15, -0.1) is 0 Å². The zero-order valence-electron chi connectivity index (χ0n) is 8.73. The number of thioether (sulfide) groups is 1. The van der Waals surface area contributed by atoms with Crippen LogP contribution in [0, 0.1) is 0 Å². The van der Waals surface area contributed by atoms with Crippen molar-refractivity contribution in [2.75, 3.05) is 11.5 Å². The molecule has 12 heavy (non-hydrogen) atoms. The molecule has 0 heterocycles. The van der Waals surface area contributed by atoms with Crippen molar-refractivity contribution < 1.29 is 0 Å². The highest BCUT2D eigenvalue weighted by molar-refractivity contribution is 7.99. The zero-order chi connectivity index (χ0) is 9.23. The Kier molecular flexibility index (Phi) is 9.25. The molecule has 72 valence electrons. The largest absolute Gasteiger partial charge is 0.162 e. The Bertz CT molecular complexity index is 116. The van der Waals surface area contributed by atoms with Crippen molar-refractivity contribution in [2.45, 2.75) is 46.5 Å². The van der Waals surface area contributed by atoms with E-state index in [1.807, 2.05) is 0 Å². The van der Waals surface area contributed by atoms with Crippen LogP contribution in [0.2, 0.25) is 0 Å². The Morgan fingerprint density at radius 1 is 1.25 bits per heavy atom. The monoisotopic (exact) mass is 186 g/mol. The van der Waals surface area contributed by atoms with Crippen molar-refractivity contribution >= 4 is 11.8 Å². The van der Waals surface area contributed by atoms with E-state index in [2.05, 4.69) is 38.6 Å². The maximum Gasteiger partial charge on any atom is -0.00674 e. The molecule has 0 fully saturated rings. The van der Waals surface area contributed by atoms with E-state index in [0.29, 0.717) is 0 Å². The van der Waals surface area contributed by atoms with Crippen molar-refractivity contribution in [1.82, 2.24) is 0 Å². The van der Waals surface area contributed by atoms with Gasteiger partial charge in [-0.05, 0) is 51.0 Å². The SMILES string of the molecule is CC=C(C)CCCCSCCC. The zero-order valence-corrected chi connectivity index (χ0v) is 9.54. The summed E-state index contributed by atoms with van der Waals surface area (Å²) in [5.74, 6) is 2.69. The first-order valence-electron chi connectivity index (χ1n) is 5.00. The second-order valence-corrected chi connectivity index (χ2v) is 4.43. The van der Waals surface area contributed by atoms with Gasteiger partial charge in [0.1, 0.15) is 0 Å². The van der Waals surface area contributed by atoms with Crippen molar-refractivity contribution in [2.24, 2.45) is 0 Å². The second kappa shape index (κ2) is 9.18. The van der Waals surface area contributed by atoms with Crippen molar-refractivity contribution in [3.05, 3.63) is 11.6 Å². The number of allylic oxidation sites excluding steroid dienone is 2. The molecule has 0 N–H and O–H groups in total. The van der Waals surface area contributed by atoms with E-state index in [0.717, 1.165) is 0 Å². The minimum absolute atomic E-state index is 1.29. The summed E-state index contributed by atoms with van der Waals surface area (Å²) in [7, 11) is 0. The highest BCUT2D eigenvalue weighted by atomic mass is 32.2. The lowest BCUT2D eigenvalue weighted by Gasteiger charge is -2.00. The molecule has 0 aliphatic carbocycles. The highest BCUT2D eigenvalue weighted by Crippen LogP contribution is 2.10. The Labute approximate surface area is 81.8 Å². The number of unbranched alkanes of at least 4 members (excludes halogenated alkanes) is 1. The normalized spacial score (nSPS) is 12.1. The molecule has 0 rings (SSSR count). The fraction of sp³-hybridized carbons (Fsp3) is 0.818. The Balaban J connectivity index is 3.00. The maximum absolute atomic E-state index is 2.25. The second-order valence-electron chi connectivity index (χ2n) is 3.20. The molecule has 0 saturated carbocycles. The Hall–Kier alpha value is 0.0900. The third-order valence-corrected chi connectivity index (χ3v) is 3.23. The molecule has 0 aromatic heterocycles. The molecular weight excluding hydrogens is 164 g/mol. The third-order valence-electron chi connectivity index (χ3n) is 1.95. The van der Waals surface area contributed by atoms with Crippen LogP contribution in [0.25, 0.3) is 0 Å². The molecule has 0 bridgehead atoms. The number of rotatable bonds is 7. The molecule has 0 atom stereocenters. The molecule has 0 aliphatic heterocycles. The van der Waals surface area contributed by atoms with Crippen LogP contribution in [-0.4, -0.2) is 11.5 Å². The van der Waals surface area contributed by atoms with Crippen LogP contribution in [0.4, 0.5) is 0 Å². The van der Waals surface area contributed by atoms with Gasteiger partial charge in [0.2, 0.25) is 0 Å². The molecule has 0 unspecified atom stereocenters. The van der Waals surface area contributed by atoms with Gasteiger partial charge in [-0.3, -0.25) is 0 Å². The smallest absolute Gasteiger partial charge is 0.00674 e. The number of hydrogen-bond acceptors (Lipinski definition) is 1. The van der Waals surface area contributed by atoms with E-state index < -0.39 is 0 Å². The van der Waals surface area contributed by atoms with E-state index in [-0.39, 0.29) is 0 Å². The van der Waals surface area contributed by atoms with E-state index in [4.69, 9.17) is 0 Å². The molecule has 0 spiro atoms. The summed E-state index contributed by atoms with van der Waals surface area (Å²) >= 11 is 2.09. The highest BCUT2D eigenvalue weighted by Gasteiger charge is 1.90. The van der Waals surface area contributed by atoms with Gasteiger partial charge >= 0.3 is 0 Å². The lowest BCUT2D eigenvalue weighted by Crippen LogP contribution is -1.84. The van der Waals surface area contributed by atoms with Crippen LogP contribution in [0.1, 0.15) is 46.5 Å². The van der Waals surface area contributed by atoms with Gasteiger partial charge < -0.3 is 0 Å². The molecule has 0 nitrogen and oxygen atoms in total. The summed E-state index contributed by atoms with van der Waals surface area (Å²) in [5, 5.41) is 0. The fourth-order valence-electron chi connectivity index (χ4n) is 0.999. The van der Waals surface area contributed by atoms with Gasteiger partial charge in [-0.1, -0.05) is 18.6 Å². The van der Waals surface area contributed by atoms with Gasteiger partial charge in [-0.2, -0.15) is 11.8 Å². The van der Waals surface area contributed by atoms with Crippen LogP contribution in [-0.2, 0) is 0 Å². The average Bonchev–Trinajstić information content (AvgIpc) is 2.10. The molecule has 0 amide bonds. The van der Waals surface area contributed by atoms with E-state index in [9.17, 15) is 0 Å². The van der Waals surface area contributed by atoms with E-state index >= 15 is 0 Å². The predicted molar refractivity (Wildman–Crippen MR) is 60.9 cm³/mol. The molecule has 1 heteroatoms. The first-order valence-corrected chi connectivity index (χ1v) is 6.16. The molecule has 0 radical (unpaired) electrons. The Morgan fingerprint density at radius 3 is 2.58 bits per heavy atom. The third kappa shape index (κ3) is 8.19. The average molecular weight is 186 g/mol. The van der Waals surface area contributed by atoms with Gasteiger partial charge in [0.05, 0.1) is 0 Å². The van der Waals surface area contributed by atoms with Crippen LogP contribution in [0.3, 0.4) is 0 Å². The van der Waals surface area contributed by atoms with Crippen molar-refractivity contribution in [3.8, 4) is 0 Å². The molecule has 0 aliphatic rings. The fourth-order valence-corrected chi connectivity index (χ4v) is 1.90. The van der Waals surface area contributed by atoms with Gasteiger partial charge in [0.25, 0.3) is 0 Å². The molecule has 0 aromatic rings. The molecule has 0 aromatic carbocycles. The van der Waals surface area contributed by atoms with Crippen LogP contribution < -0.4 is 0 Å². The van der Waals surface area contributed by atoms with Crippen LogP contribution >= 0.6 is 11.8 Å². The summed E-state index contributed by atoms with van der Waals surface area (Å²) < 4.78 is 0. The minimum Gasteiger partial charge on any atom is -0.162 e. The summed E-state index contributed by atoms with van der Waals surface area (Å²) in [4.78, 5) is 0. The molecular formula is C11H22S. The Morgan fingerprint density at radius 2 is 2.00 bits per heavy atom. The van der Waals surface area contributed by atoms with Crippen LogP contribution in [0.5, 0.6) is 0 Å². The van der Waals surface area contributed by atoms with Crippen molar-refractivity contribution in [3.63, 3.8) is 0 Å². The minimum atomic E-state index is 1.29. The first kappa shape index (κ1) is 12.1. The predicted octanol–water partition coefficient (Wildman–Crippen LogP) is 4.27.